The van der Waals surface area contributed by atoms with Gasteiger partial charge < -0.3 is 20.2 Å². The van der Waals surface area contributed by atoms with Crippen LogP contribution in [0.3, 0.4) is 0 Å². The molecule has 0 aliphatic carbocycles. The Hall–Kier alpha value is -1.33. The lowest BCUT2D eigenvalue weighted by molar-refractivity contribution is 0.0972. The molecule has 1 atom stereocenters. The van der Waals surface area contributed by atoms with E-state index in [2.05, 4.69) is 12.2 Å². The molecule has 1 aromatic heterocycles. The molecule has 90 valence electrons. The highest BCUT2D eigenvalue weighted by Crippen LogP contribution is 2.07. The quantitative estimate of drug-likeness (QED) is 0.724. The van der Waals surface area contributed by atoms with Crippen molar-refractivity contribution < 1.29 is 13.9 Å². The Bertz CT molecular complexity index is 336. The third-order valence-corrected chi connectivity index (χ3v) is 2.28. The van der Waals surface area contributed by atoms with Gasteiger partial charge in [0.15, 0.2) is 5.76 Å². The lowest BCUT2D eigenvalue weighted by Gasteiger charge is -2.11. The van der Waals surface area contributed by atoms with Crippen LogP contribution in [0.25, 0.3) is 0 Å². The minimum atomic E-state index is -0.543. The number of hydrogen-bond acceptors (Lipinski definition) is 4. The third-order valence-electron chi connectivity index (χ3n) is 2.28. The van der Waals surface area contributed by atoms with Crippen molar-refractivity contribution in [3.63, 3.8) is 0 Å². The van der Waals surface area contributed by atoms with Gasteiger partial charge in [0.2, 0.25) is 0 Å². The Morgan fingerprint density at radius 3 is 2.94 bits per heavy atom. The molecule has 1 heterocycles. The van der Waals surface area contributed by atoms with E-state index in [0.29, 0.717) is 18.3 Å². The molecule has 0 saturated heterocycles. The zero-order valence-corrected chi connectivity index (χ0v) is 9.66. The molecular formula is C11H18N2O3. The van der Waals surface area contributed by atoms with Gasteiger partial charge in [0.05, 0.1) is 6.54 Å². The molecule has 0 bridgehead atoms. The van der Waals surface area contributed by atoms with Crippen LogP contribution in [0.2, 0.25) is 0 Å². The number of furan rings is 1. The van der Waals surface area contributed by atoms with E-state index in [9.17, 15) is 4.79 Å². The molecular weight excluding hydrogens is 208 g/mol. The topological polar surface area (TPSA) is 77.5 Å². The van der Waals surface area contributed by atoms with Crippen LogP contribution in [0.5, 0.6) is 0 Å². The number of primary amides is 1. The number of methoxy groups -OCH3 is 1. The number of rotatable bonds is 7. The summed E-state index contributed by atoms with van der Waals surface area (Å²) in [7, 11) is 1.68. The van der Waals surface area contributed by atoms with Gasteiger partial charge in [0.1, 0.15) is 5.76 Å². The molecule has 1 aromatic rings. The van der Waals surface area contributed by atoms with Crippen molar-refractivity contribution in [3.8, 4) is 0 Å². The van der Waals surface area contributed by atoms with Crippen molar-refractivity contribution in [1.82, 2.24) is 5.32 Å². The highest BCUT2D eigenvalue weighted by molar-refractivity contribution is 5.89. The summed E-state index contributed by atoms with van der Waals surface area (Å²) in [5.74, 6) is 0.359. The lowest BCUT2D eigenvalue weighted by Crippen LogP contribution is -2.26. The van der Waals surface area contributed by atoms with Crippen LogP contribution in [0.4, 0.5) is 0 Å². The molecule has 0 spiro atoms. The molecule has 1 rings (SSSR count). The van der Waals surface area contributed by atoms with Crippen LogP contribution < -0.4 is 11.1 Å². The summed E-state index contributed by atoms with van der Waals surface area (Å²) in [6.07, 6.45) is 0.930. The smallest absolute Gasteiger partial charge is 0.284 e. The largest absolute Gasteiger partial charge is 0.455 e. The van der Waals surface area contributed by atoms with E-state index in [1.165, 1.54) is 0 Å². The van der Waals surface area contributed by atoms with Gasteiger partial charge in [-0.1, -0.05) is 0 Å². The fourth-order valence-electron chi connectivity index (χ4n) is 1.28. The lowest BCUT2D eigenvalue weighted by atomic mass is 10.2. The Labute approximate surface area is 94.9 Å². The molecule has 16 heavy (non-hydrogen) atoms. The van der Waals surface area contributed by atoms with Crippen molar-refractivity contribution in [2.45, 2.75) is 25.9 Å². The number of nitrogens with one attached hydrogen (secondary N) is 1. The molecule has 5 nitrogen and oxygen atoms in total. The predicted octanol–water partition coefficient (Wildman–Crippen LogP) is 0.893. The highest BCUT2D eigenvalue weighted by atomic mass is 16.5. The van der Waals surface area contributed by atoms with E-state index >= 15 is 0 Å². The van der Waals surface area contributed by atoms with Gasteiger partial charge in [0, 0.05) is 19.8 Å². The Balaban J connectivity index is 2.33. The molecule has 1 unspecified atom stereocenters. The monoisotopic (exact) mass is 226 g/mol. The molecule has 0 aromatic carbocycles. The Morgan fingerprint density at radius 2 is 2.38 bits per heavy atom. The highest BCUT2D eigenvalue weighted by Gasteiger charge is 2.07. The van der Waals surface area contributed by atoms with Crippen LogP contribution in [0.1, 0.15) is 29.7 Å². The van der Waals surface area contributed by atoms with Crippen LogP contribution in [0, 0.1) is 0 Å². The first-order valence-corrected chi connectivity index (χ1v) is 5.24. The normalized spacial score (nSPS) is 12.6. The summed E-state index contributed by atoms with van der Waals surface area (Å²) >= 11 is 0. The van der Waals surface area contributed by atoms with Gasteiger partial charge in [-0.15, -0.1) is 0 Å². The standard InChI is InChI=1S/C11H18N2O3/c1-8(5-6-15-2)13-7-9-3-4-10(16-9)11(12)14/h3-4,8,13H,5-7H2,1-2H3,(H2,12,14). The minimum absolute atomic E-state index is 0.196. The Kier molecular flexibility index (Phi) is 5.01. The maximum Gasteiger partial charge on any atom is 0.284 e. The van der Waals surface area contributed by atoms with Gasteiger partial charge in [-0.25, -0.2) is 0 Å². The van der Waals surface area contributed by atoms with Gasteiger partial charge in [-0.3, -0.25) is 4.79 Å². The summed E-state index contributed by atoms with van der Waals surface area (Å²) in [5.41, 5.74) is 5.08. The molecule has 3 N–H and O–H groups in total. The molecule has 0 aliphatic heterocycles. The fourth-order valence-corrected chi connectivity index (χ4v) is 1.28. The molecule has 0 aliphatic rings. The summed E-state index contributed by atoms with van der Waals surface area (Å²) < 4.78 is 10.2. The van der Waals surface area contributed by atoms with Crippen molar-refractivity contribution in [3.05, 3.63) is 23.7 Å². The zero-order valence-electron chi connectivity index (χ0n) is 9.66. The third kappa shape index (κ3) is 4.04. The number of carbonyl (C=O) groups excluding carboxylic acids is 1. The van der Waals surface area contributed by atoms with E-state index in [4.69, 9.17) is 14.9 Å². The molecule has 0 fully saturated rings. The minimum Gasteiger partial charge on any atom is -0.455 e. The summed E-state index contributed by atoms with van der Waals surface area (Å²) in [6.45, 7) is 3.37. The van der Waals surface area contributed by atoms with E-state index in [1.54, 1.807) is 19.2 Å². The van der Waals surface area contributed by atoms with E-state index < -0.39 is 5.91 Å². The second-order valence-corrected chi connectivity index (χ2v) is 3.69. The molecule has 0 radical (unpaired) electrons. The number of carbonyl (C=O) groups is 1. The van der Waals surface area contributed by atoms with Crippen LogP contribution in [0.15, 0.2) is 16.5 Å². The first-order valence-electron chi connectivity index (χ1n) is 5.24. The maximum atomic E-state index is 10.8. The molecule has 5 heteroatoms. The second kappa shape index (κ2) is 6.30. The van der Waals surface area contributed by atoms with E-state index in [0.717, 1.165) is 13.0 Å². The molecule has 1 amide bonds. The number of nitrogens with two attached hydrogens (primary N) is 1. The number of amides is 1. The summed E-state index contributed by atoms with van der Waals surface area (Å²) in [5, 5.41) is 3.26. The van der Waals surface area contributed by atoms with Crippen LogP contribution in [-0.4, -0.2) is 25.7 Å². The average molecular weight is 226 g/mol. The fraction of sp³-hybridized carbons (Fsp3) is 0.545. The van der Waals surface area contributed by atoms with Gasteiger partial charge in [0.25, 0.3) is 5.91 Å². The summed E-state index contributed by atoms with van der Waals surface area (Å²) in [4.78, 5) is 10.8. The van der Waals surface area contributed by atoms with Crippen molar-refractivity contribution >= 4 is 5.91 Å². The first kappa shape index (κ1) is 12.7. The van der Waals surface area contributed by atoms with E-state index in [-0.39, 0.29) is 5.76 Å². The number of hydrogen-bond donors (Lipinski definition) is 2. The zero-order chi connectivity index (χ0) is 12.0. The van der Waals surface area contributed by atoms with Gasteiger partial charge in [-0.2, -0.15) is 0 Å². The van der Waals surface area contributed by atoms with Crippen molar-refractivity contribution in [2.75, 3.05) is 13.7 Å². The second-order valence-electron chi connectivity index (χ2n) is 3.69. The van der Waals surface area contributed by atoms with Gasteiger partial charge >= 0.3 is 0 Å². The van der Waals surface area contributed by atoms with Crippen LogP contribution in [-0.2, 0) is 11.3 Å². The van der Waals surface area contributed by atoms with Crippen molar-refractivity contribution in [1.29, 1.82) is 0 Å². The van der Waals surface area contributed by atoms with Gasteiger partial charge in [-0.05, 0) is 25.5 Å². The number of ether oxygens (including phenoxy) is 1. The first-order chi connectivity index (χ1) is 7.63. The maximum absolute atomic E-state index is 10.8. The predicted molar refractivity (Wildman–Crippen MR) is 60.0 cm³/mol. The van der Waals surface area contributed by atoms with Crippen molar-refractivity contribution in [2.24, 2.45) is 5.73 Å². The molecule has 0 saturated carbocycles. The summed E-state index contributed by atoms with van der Waals surface area (Å²) in [6, 6.07) is 3.66. The van der Waals surface area contributed by atoms with E-state index in [1.807, 2.05) is 0 Å². The Morgan fingerprint density at radius 1 is 1.62 bits per heavy atom. The SMILES string of the molecule is COCCC(C)NCc1ccc(C(N)=O)o1. The van der Waals surface area contributed by atoms with Crippen LogP contribution >= 0.6 is 0 Å². The average Bonchev–Trinajstić information content (AvgIpc) is 2.72.